The first-order valence-electron chi connectivity index (χ1n) is 8.58. The summed E-state index contributed by atoms with van der Waals surface area (Å²) in [5.74, 6) is -0.117. The van der Waals surface area contributed by atoms with Crippen LogP contribution in [0.4, 0.5) is 5.69 Å². The van der Waals surface area contributed by atoms with Gasteiger partial charge in [0, 0.05) is 24.3 Å². The van der Waals surface area contributed by atoms with Crippen molar-refractivity contribution in [2.75, 3.05) is 18.4 Å². The zero-order valence-electron chi connectivity index (χ0n) is 14.6. The van der Waals surface area contributed by atoms with Crippen LogP contribution in [0.1, 0.15) is 18.4 Å². The van der Waals surface area contributed by atoms with Crippen LogP contribution in [0.15, 0.2) is 47.5 Å². The molecule has 1 saturated heterocycles. The number of amides is 1. The number of aromatic nitrogens is 1. The van der Waals surface area contributed by atoms with E-state index >= 15 is 0 Å². The largest absolute Gasteiger partial charge is 0.326 e. The van der Waals surface area contributed by atoms with E-state index < -0.39 is 10.0 Å². The predicted octanol–water partition coefficient (Wildman–Crippen LogP) is 2.23. The van der Waals surface area contributed by atoms with Crippen LogP contribution in [0.5, 0.6) is 0 Å². The molecule has 0 unspecified atom stereocenters. The van der Waals surface area contributed by atoms with Crippen LogP contribution in [0.25, 0.3) is 0 Å². The van der Waals surface area contributed by atoms with E-state index in [0.29, 0.717) is 10.8 Å². The highest BCUT2D eigenvalue weighted by Crippen LogP contribution is 2.21. The standard InChI is InChI=1S/C18H21ClN4O3S/c19-17-6-1-13(11-21-17)12-23-9-7-14(8-10-23)18(24)22-15-2-4-16(5-3-15)27(20,25)26/h1-6,11,14H,7-10,12H2,(H,22,24)(H2,20,25,26). The number of carbonyl (C=O) groups is 1. The number of nitrogens with zero attached hydrogens (tertiary/aromatic N) is 2. The van der Waals surface area contributed by atoms with E-state index in [2.05, 4.69) is 15.2 Å². The average molecular weight is 409 g/mol. The number of nitrogens with two attached hydrogens (primary N) is 1. The molecule has 1 aromatic heterocycles. The lowest BCUT2D eigenvalue weighted by Gasteiger charge is -2.31. The number of nitrogens with one attached hydrogen (secondary N) is 1. The molecule has 0 spiro atoms. The molecule has 0 atom stereocenters. The Morgan fingerprint density at radius 1 is 1.19 bits per heavy atom. The maximum Gasteiger partial charge on any atom is 0.238 e. The van der Waals surface area contributed by atoms with E-state index in [1.54, 1.807) is 24.4 Å². The molecule has 3 rings (SSSR count). The number of likely N-dealkylation sites (tertiary alicyclic amines) is 1. The van der Waals surface area contributed by atoms with E-state index in [4.69, 9.17) is 16.7 Å². The summed E-state index contributed by atoms with van der Waals surface area (Å²) in [6.45, 7) is 2.43. The molecule has 9 heteroatoms. The number of primary sulfonamides is 1. The van der Waals surface area contributed by atoms with E-state index in [-0.39, 0.29) is 16.7 Å². The molecule has 2 aromatic rings. The van der Waals surface area contributed by atoms with Crippen molar-refractivity contribution in [1.29, 1.82) is 0 Å². The first-order chi connectivity index (χ1) is 12.8. The second-order valence-electron chi connectivity index (χ2n) is 6.60. The Balaban J connectivity index is 1.50. The second-order valence-corrected chi connectivity index (χ2v) is 8.55. The van der Waals surface area contributed by atoms with Gasteiger partial charge in [0.2, 0.25) is 15.9 Å². The number of hydrogen-bond donors (Lipinski definition) is 2. The smallest absolute Gasteiger partial charge is 0.238 e. The summed E-state index contributed by atoms with van der Waals surface area (Å²) in [6.07, 6.45) is 3.30. The minimum Gasteiger partial charge on any atom is -0.326 e. The number of carbonyl (C=O) groups excluding carboxylic acids is 1. The maximum atomic E-state index is 12.5. The van der Waals surface area contributed by atoms with Crippen LogP contribution in [-0.2, 0) is 21.4 Å². The Kier molecular flexibility index (Phi) is 6.11. The van der Waals surface area contributed by atoms with Gasteiger partial charge in [0.1, 0.15) is 5.15 Å². The highest BCUT2D eigenvalue weighted by molar-refractivity contribution is 7.89. The van der Waals surface area contributed by atoms with Crippen LogP contribution in [0.2, 0.25) is 5.15 Å². The van der Waals surface area contributed by atoms with Gasteiger partial charge in [-0.2, -0.15) is 0 Å². The van der Waals surface area contributed by atoms with Crippen molar-refractivity contribution >= 4 is 33.2 Å². The fraction of sp³-hybridized carbons (Fsp3) is 0.333. The third-order valence-electron chi connectivity index (χ3n) is 4.60. The monoisotopic (exact) mass is 408 g/mol. The molecule has 2 heterocycles. The number of anilines is 1. The third kappa shape index (κ3) is 5.49. The number of pyridine rings is 1. The lowest BCUT2D eigenvalue weighted by atomic mass is 9.95. The summed E-state index contributed by atoms with van der Waals surface area (Å²) in [5, 5.41) is 8.39. The Bertz CT molecular complexity index is 893. The Hall–Kier alpha value is -2.00. The number of piperidine rings is 1. The minimum atomic E-state index is -3.73. The molecule has 1 aliphatic rings. The molecule has 1 amide bonds. The molecule has 0 bridgehead atoms. The molecular weight excluding hydrogens is 388 g/mol. The van der Waals surface area contributed by atoms with Gasteiger partial charge in [-0.15, -0.1) is 0 Å². The van der Waals surface area contributed by atoms with E-state index in [0.717, 1.165) is 38.0 Å². The molecule has 0 radical (unpaired) electrons. The average Bonchev–Trinajstić information content (AvgIpc) is 2.64. The molecular formula is C18H21ClN4O3S. The number of halogens is 1. The fourth-order valence-electron chi connectivity index (χ4n) is 3.08. The van der Waals surface area contributed by atoms with Crippen LogP contribution >= 0.6 is 11.6 Å². The van der Waals surface area contributed by atoms with Crippen molar-refractivity contribution in [3.8, 4) is 0 Å². The topological polar surface area (TPSA) is 105 Å². The molecule has 1 fully saturated rings. The van der Waals surface area contributed by atoms with Gasteiger partial charge in [-0.3, -0.25) is 9.69 Å². The van der Waals surface area contributed by atoms with E-state index in [1.165, 1.54) is 12.1 Å². The molecule has 1 aromatic carbocycles. The number of sulfonamides is 1. The summed E-state index contributed by atoms with van der Waals surface area (Å²) in [6, 6.07) is 9.58. The molecule has 3 N–H and O–H groups in total. The van der Waals surface area contributed by atoms with Crippen molar-refractivity contribution in [2.24, 2.45) is 11.1 Å². The molecule has 144 valence electrons. The second kappa shape index (κ2) is 8.35. The Labute approximate surface area is 163 Å². The molecule has 0 aliphatic carbocycles. The quantitative estimate of drug-likeness (QED) is 0.738. The van der Waals surface area contributed by atoms with Gasteiger partial charge in [-0.25, -0.2) is 18.5 Å². The van der Waals surface area contributed by atoms with Crippen molar-refractivity contribution in [3.05, 3.63) is 53.3 Å². The summed E-state index contributed by atoms with van der Waals surface area (Å²) in [4.78, 5) is 18.8. The lowest BCUT2D eigenvalue weighted by molar-refractivity contribution is -0.121. The lowest BCUT2D eigenvalue weighted by Crippen LogP contribution is -2.37. The van der Waals surface area contributed by atoms with Crippen molar-refractivity contribution in [2.45, 2.75) is 24.3 Å². The predicted molar refractivity (Wildman–Crippen MR) is 104 cm³/mol. The molecule has 27 heavy (non-hydrogen) atoms. The summed E-state index contributed by atoms with van der Waals surface area (Å²) < 4.78 is 22.5. The normalized spacial score (nSPS) is 16.2. The zero-order valence-corrected chi connectivity index (χ0v) is 16.2. The Morgan fingerprint density at radius 3 is 2.41 bits per heavy atom. The highest BCUT2D eigenvalue weighted by Gasteiger charge is 2.25. The maximum absolute atomic E-state index is 12.5. The van der Waals surface area contributed by atoms with Crippen LogP contribution in [0, 0.1) is 5.92 Å². The highest BCUT2D eigenvalue weighted by atomic mass is 35.5. The van der Waals surface area contributed by atoms with Gasteiger partial charge in [0.05, 0.1) is 4.90 Å². The molecule has 1 aliphatic heterocycles. The zero-order chi connectivity index (χ0) is 19.4. The van der Waals surface area contributed by atoms with Crippen molar-refractivity contribution in [1.82, 2.24) is 9.88 Å². The first-order valence-corrected chi connectivity index (χ1v) is 10.5. The van der Waals surface area contributed by atoms with Gasteiger partial charge >= 0.3 is 0 Å². The Morgan fingerprint density at radius 2 is 1.85 bits per heavy atom. The number of hydrogen-bond acceptors (Lipinski definition) is 5. The minimum absolute atomic E-state index is 0.0190. The van der Waals surface area contributed by atoms with Gasteiger partial charge in [0.25, 0.3) is 0 Å². The van der Waals surface area contributed by atoms with Crippen molar-refractivity contribution < 1.29 is 13.2 Å². The first kappa shape index (κ1) is 19.8. The van der Waals surface area contributed by atoms with Crippen LogP contribution < -0.4 is 10.5 Å². The van der Waals surface area contributed by atoms with E-state index in [1.807, 2.05) is 6.07 Å². The SMILES string of the molecule is NS(=O)(=O)c1ccc(NC(=O)C2CCN(Cc3ccc(Cl)nc3)CC2)cc1. The summed E-state index contributed by atoms with van der Waals surface area (Å²) >= 11 is 5.80. The van der Waals surface area contributed by atoms with Gasteiger partial charge in [-0.05, 0) is 61.8 Å². The molecule has 7 nitrogen and oxygen atoms in total. The van der Waals surface area contributed by atoms with Gasteiger partial charge in [-0.1, -0.05) is 17.7 Å². The number of benzene rings is 1. The van der Waals surface area contributed by atoms with Gasteiger partial charge in [0.15, 0.2) is 0 Å². The van der Waals surface area contributed by atoms with Crippen molar-refractivity contribution in [3.63, 3.8) is 0 Å². The molecule has 0 saturated carbocycles. The fourth-order valence-corrected chi connectivity index (χ4v) is 3.71. The van der Waals surface area contributed by atoms with E-state index in [9.17, 15) is 13.2 Å². The third-order valence-corrected chi connectivity index (χ3v) is 5.76. The van der Waals surface area contributed by atoms with Gasteiger partial charge < -0.3 is 5.32 Å². The van der Waals surface area contributed by atoms with Crippen LogP contribution in [-0.4, -0.2) is 37.3 Å². The van der Waals surface area contributed by atoms with Crippen LogP contribution in [0.3, 0.4) is 0 Å². The summed E-state index contributed by atoms with van der Waals surface area (Å²) in [7, 11) is -3.73. The summed E-state index contributed by atoms with van der Waals surface area (Å²) in [5.41, 5.74) is 1.65. The number of rotatable bonds is 5.